The van der Waals surface area contributed by atoms with E-state index in [-0.39, 0.29) is 5.41 Å². The lowest BCUT2D eigenvalue weighted by Gasteiger charge is -2.22. The van der Waals surface area contributed by atoms with Gasteiger partial charge in [0.25, 0.3) is 0 Å². The summed E-state index contributed by atoms with van der Waals surface area (Å²) >= 11 is 0. The highest BCUT2D eigenvalue weighted by Crippen LogP contribution is 2.52. The van der Waals surface area contributed by atoms with E-state index in [2.05, 4.69) is 190 Å². The molecule has 0 atom stereocenters. The number of para-hydroxylation sites is 1. The van der Waals surface area contributed by atoms with Gasteiger partial charge in [-0.1, -0.05) is 159 Å². The van der Waals surface area contributed by atoms with Gasteiger partial charge in [-0.2, -0.15) is 0 Å². The van der Waals surface area contributed by atoms with Gasteiger partial charge in [0, 0.05) is 16.2 Å². The SMILES string of the molecule is CC1(C)c2ccc(-c3ccc(-c4c5ccccc5c(-c5ccccc5)c5ccccc45)c4ccccc34)cc2-c2cc3cc4oc5ccccc5c4cc3cc21. The van der Waals surface area contributed by atoms with Crippen molar-refractivity contribution in [1.29, 1.82) is 0 Å². The molecule has 0 fully saturated rings. The standard InChI is InChI=1S/C55H36O/c1-55(2)49-27-24-34(28-46(49)47-29-36-32-52-48(30-35(36)31-50(47)55)40-18-12-13-23-51(40)56-52)37-25-26-45(39-17-7-6-16-38(37)39)54-43-21-10-8-19-41(43)53(33-14-4-3-5-15-33)42-20-9-11-22-44(42)54/h3-32H,1-2H3. The lowest BCUT2D eigenvalue weighted by molar-refractivity contribution is 0.661. The normalized spacial score (nSPS) is 13.3. The van der Waals surface area contributed by atoms with Gasteiger partial charge < -0.3 is 4.42 Å². The minimum atomic E-state index is -0.120. The summed E-state index contributed by atoms with van der Waals surface area (Å²) in [5.41, 5.74) is 14.7. The molecule has 0 amide bonds. The van der Waals surface area contributed by atoms with E-state index in [0.717, 1.165) is 11.2 Å². The van der Waals surface area contributed by atoms with Crippen molar-refractivity contribution in [1.82, 2.24) is 0 Å². The maximum atomic E-state index is 6.32. The Bertz CT molecular complexity index is 3380. The fourth-order valence-corrected chi connectivity index (χ4v) is 9.99. The van der Waals surface area contributed by atoms with Crippen LogP contribution in [-0.4, -0.2) is 0 Å². The van der Waals surface area contributed by atoms with E-state index >= 15 is 0 Å². The van der Waals surface area contributed by atoms with Crippen LogP contribution in [0.1, 0.15) is 25.0 Å². The lowest BCUT2D eigenvalue weighted by atomic mass is 9.81. The van der Waals surface area contributed by atoms with Crippen LogP contribution < -0.4 is 0 Å². The van der Waals surface area contributed by atoms with Crippen molar-refractivity contribution >= 4 is 65.0 Å². The number of rotatable bonds is 3. The van der Waals surface area contributed by atoms with Crippen LogP contribution in [0.3, 0.4) is 0 Å². The summed E-state index contributed by atoms with van der Waals surface area (Å²) in [7, 11) is 0. The van der Waals surface area contributed by atoms with Crippen LogP contribution in [0.15, 0.2) is 186 Å². The molecule has 56 heavy (non-hydrogen) atoms. The van der Waals surface area contributed by atoms with Gasteiger partial charge >= 0.3 is 0 Å². The zero-order valence-electron chi connectivity index (χ0n) is 31.2. The van der Waals surface area contributed by atoms with E-state index in [1.807, 2.05) is 6.07 Å². The van der Waals surface area contributed by atoms with Crippen LogP contribution >= 0.6 is 0 Å². The van der Waals surface area contributed by atoms with Crippen molar-refractivity contribution in [2.75, 3.05) is 0 Å². The molecular formula is C55H36O. The van der Waals surface area contributed by atoms with E-state index in [0.29, 0.717) is 0 Å². The topological polar surface area (TPSA) is 13.1 Å². The van der Waals surface area contributed by atoms with E-state index < -0.39 is 0 Å². The van der Waals surface area contributed by atoms with E-state index in [1.54, 1.807) is 0 Å². The Morgan fingerprint density at radius 2 is 0.875 bits per heavy atom. The summed E-state index contributed by atoms with van der Waals surface area (Å²) in [5, 5.41) is 12.4. The Balaban J connectivity index is 1.05. The number of hydrogen-bond acceptors (Lipinski definition) is 1. The predicted molar refractivity (Wildman–Crippen MR) is 238 cm³/mol. The molecule has 1 aliphatic rings. The van der Waals surface area contributed by atoms with Crippen molar-refractivity contribution in [3.05, 3.63) is 193 Å². The molecule has 1 heterocycles. The van der Waals surface area contributed by atoms with Gasteiger partial charge in [0.2, 0.25) is 0 Å². The van der Waals surface area contributed by atoms with Crippen molar-refractivity contribution in [2.24, 2.45) is 0 Å². The van der Waals surface area contributed by atoms with Gasteiger partial charge in [-0.15, -0.1) is 0 Å². The Hall–Kier alpha value is -6.96. The van der Waals surface area contributed by atoms with Crippen LogP contribution in [0.5, 0.6) is 0 Å². The summed E-state index contributed by atoms with van der Waals surface area (Å²) in [5.74, 6) is 0. The van der Waals surface area contributed by atoms with Crippen LogP contribution in [-0.2, 0) is 5.41 Å². The third kappa shape index (κ3) is 4.37. The third-order valence-corrected chi connectivity index (χ3v) is 12.6. The molecule has 11 aromatic rings. The first kappa shape index (κ1) is 31.4. The maximum absolute atomic E-state index is 6.32. The summed E-state index contributed by atoms with van der Waals surface area (Å²) in [6, 6.07) is 67.3. The molecule has 1 aromatic heterocycles. The molecule has 0 N–H and O–H groups in total. The second-order valence-electron chi connectivity index (χ2n) is 16.0. The zero-order chi connectivity index (χ0) is 37.1. The number of benzene rings is 10. The monoisotopic (exact) mass is 712 g/mol. The molecule has 0 unspecified atom stereocenters. The molecule has 10 aromatic carbocycles. The van der Waals surface area contributed by atoms with Gasteiger partial charge in [-0.05, 0) is 135 Å². The molecule has 1 aliphatic carbocycles. The van der Waals surface area contributed by atoms with Gasteiger partial charge in [0.1, 0.15) is 11.2 Å². The van der Waals surface area contributed by atoms with Crippen molar-refractivity contribution < 1.29 is 4.42 Å². The highest BCUT2D eigenvalue weighted by Gasteiger charge is 2.36. The first-order valence-electron chi connectivity index (χ1n) is 19.6. The molecule has 262 valence electrons. The van der Waals surface area contributed by atoms with Gasteiger partial charge in [0.05, 0.1) is 0 Å². The van der Waals surface area contributed by atoms with Crippen LogP contribution in [0.4, 0.5) is 0 Å². The Morgan fingerprint density at radius 3 is 1.59 bits per heavy atom. The largest absolute Gasteiger partial charge is 0.456 e. The second-order valence-corrected chi connectivity index (χ2v) is 16.0. The molecule has 1 nitrogen and oxygen atoms in total. The molecule has 1 heteroatoms. The zero-order valence-corrected chi connectivity index (χ0v) is 31.2. The quantitative estimate of drug-likeness (QED) is 0.166. The van der Waals surface area contributed by atoms with Gasteiger partial charge in [0.15, 0.2) is 0 Å². The molecule has 0 saturated carbocycles. The highest BCUT2D eigenvalue weighted by molar-refractivity contribution is 6.24. The van der Waals surface area contributed by atoms with Crippen molar-refractivity contribution in [3.63, 3.8) is 0 Å². The Kier molecular flexibility index (Phi) is 6.46. The van der Waals surface area contributed by atoms with Crippen LogP contribution in [0, 0.1) is 0 Å². The van der Waals surface area contributed by atoms with Gasteiger partial charge in [-0.3, -0.25) is 0 Å². The molecule has 0 bridgehead atoms. The first-order chi connectivity index (χ1) is 27.5. The summed E-state index contributed by atoms with van der Waals surface area (Å²) in [4.78, 5) is 0. The third-order valence-electron chi connectivity index (χ3n) is 12.6. The molecule has 0 spiro atoms. The number of hydrogen-bond donors (Lipinski definition) is 0. The minimum absolute atomic E-state index is 0.120. The fraction of sp³-hybridized carbons (Fsp3) is 0.0545. The molecule has 0 aliphatic heterocycles. The molecule has 0 radical (unpaired) electrons. The highest BCUT2D eigenvalue weighted by atomic mass is 16.3. The average Bonchev–Trinajstić information content (AvgIpc) is 3.71. The first-order valence-corrected chi connectivity index (χ1v) is 19.6. The number of furan rings is 1. The Labute approximate surface area is 325 Å². The maximum Gasteiger partial charge on any atom is 0.136 e. The predicted octanol–water partition coefficient (Wildman–Crippen LogP) is 15.5. The van der Waals surface area contributed by atoms with E-state index in [1.165, 1.54) is 109 Å². The summed E-state index contributed by atoms with van der Waals surface area (Å²) < 4.78 is 6.32. The minimum Gasteiger partial charge on any atom is -0.456 e. The smallest absolute Gasteiger partial charge is 0.136 e. The van der Waals surface area contributed by atoms with E-state index in [4.69, 9.17) is 4.42 Å². The van der Waals surface area contributed by atoms with Crippen LogP contribution in [0.25, 0.3) is 110 Å². The van der Waals surface area contributed by atoms with Crippen LogP contribution in [0.2, 0.25) is 0 Å². The summed E-state index contributed by atoms with van der Waals surface area (Å²) in [6.07, 6.45) is 0. The number of fused-ring (bicyclic) bond motifs is 10. The van der Waals surface area contributed by atoms with Crippen molar-refractivity contribution in [2.45, 2.75) is 19.3 Å². The average molecular weight is 713 g/mol. The van der Waals surface area contributed by atoms with E-state index in [9.17, 15) is 0 Å². The lowest BCUT2D eigenvalue weighted by Crippen LogP contribution is -2.14. The fourth-order valence-electron chi connectivity index (χ4n) is 9.99. The second kappa shape index (κ2) is 11.5. The molecule has 12 rings (SSSR count). The van der Waals surface area contributed by atoms with Gasteiger partial charge in [-0.25, -0.2) is 0 Å². The Morgan fingerprint density at radius 1 is 0.321 bits per heavy atom. The molecule has 0 saturated heterocycles. The molecular weight excluding hydrogens is 677 g/mol. The van der Waals surface area contributed by atoms with Crippen molar-refractivity contribution in [3.8, 4) is 44.5 Å². The summed E-state index contributed by atoms with van der Waals surface area (Å²) in [6.45, 7) is 4.74.